The number of halogens is 2. The number of aryl methyl sites for hydroxylation is 2. The Morgan fingerprint density at radius 3 is 2.58 bits per heavy atom. The van der Waals surface area contributed by atoms with E-state index in [0.717, 1.165) is 41.1 Å². The molecule has 7 nitrogen and oxygen atoms in total. The van der Waals surface area contributed by atoms with Crippen molar-refractivity contribution in [3.8, 4) is 0 Å². The molecule has 1 saturated carbocycles. The van der Waals surface area contributed by atoms with Gasteiger partial charge in [0.15, 0.2) is 0 Å². The van der Waals surface area contributed by atoms with Crippen LogP contribution in [0.2, 0.25) is 5.02 Å². The number of aromatic nitrogens is 2. The summed E-state index contributed by atoms with van der Waals surface area (Å²) in [5.74, 6) is 0.206. The maximum Gasteiger partial charge on any atom is 0.241 e. The van der Waals surface area contributed by atoms with E-state index < -0.39 is 21.9 Å². The van der Waals surface area contributed by atoms with Crippen LogP contribution < -0.4 is 9.62 Å². The van der Waals surface area contributed by atoms with Crippen LogP contribution in [-0.4, -0.2) is 23.9 Å². The number of fused-ring (bicyclic) bond motifs is 1. The average Bonchev–Trinajstić information content (AvgIpc) is 3.50. The van der Waals surface area contributed by atoms with E-state index in [1.807, 2.05) is 60.3 Å². The minimum absolute atomic E-state index is 0.00402. The molecule has 6 rings (SSSR count). The first-order chi connectivity index (χ1) is 19.2. The first kappa shape index (κ1) is 26.7. The van der Waals surface area contributed by atoms with Gasteiger partial charge in [0.25, 0.3) is 0 Å². The normalized spacial score (nSPS) is 19.8. The number of carbonyl (C=O) groups excluding carboxylic acids is 1. The third-order valence-electron chi connectivity index (χ3n) is 7.83. The van der Waals surface area contributed by atoms with Crippen molar-refractivity contribution < 1.29 is 17.6 Å². The van der Waals surface area contributed by atoms with Crippen LogP contribution in [0.15, 0.2) is 84.0 Å². The lowest BCUT2D eigenvalue weighted by Gasteiger charge is -2.25. The molecule has 2 aliphatic carbocycles. The molecule has 1 fully saturated rings. The fourth-order valence-electron chi connectivity index (χ4n) is 5.48. The third-order valence-corrected chi connectivity index (χ3v) is 9.57. The summed E-state index contributed by atoms with van der Waals surface area (Å²) in [6.45, 7) is 0.289. The van der Waals surface area contributed by atoms with E-state index >= 15 is 0 Å². The first-order valence-electron chi connectivity index (χ1n) is 13.1. The van der Waals surface area contributed by atoms with E-state index in [-0.39, 0.29) is 29.2 Å². The molecule has 3 aromatic carbocycles. The molecule has 1 heterocycles. The van der Waals surface area contributed by atoms with Gasteiger partial charge >= 0.3 is 0 Å². The van der Waals surface area contributed by atoms with Crippen LogP contribution in [0, 0.1) is 11.7 Å². The highest BCUT2D eigenvalue weighted by atomic mass is 35.5. The van der Waals surface area contributed by atoms with Crippen LogP contribution in [-0.2, 0) is 34.8 Å². The van der Waals surface area contributed by atoms with Gasteiger partial charge in [0.05, 0.1) is 11.4 Å². The summed E-state index contributed by atoms with van der Waals surface area (Å²) < 4.78 is 44.1. The van der Waals surface area contributed by atoms with Crippen LogP contribution in [0.4, 0.5) is 10.1 Å². The van der Waals surface area contributed by atoms with Crippen molar-refractivity contribution in [2.24, 2.45) is 13.0 Å². The molecule has 3 atom stereocenters. The van der Waals surface area contributed by atoms with Crippen molar-refractivity contribution in [3.05, 3.63) is 112 Å². The molecule has 0 bridgehead atoms. The number of imidazole rings is 1. The van der Waals surface area contributed by atoms with E-state index in [4.69, 9.17) is 11.6 Å². The molecule has 206 valence electrons. The van der Waals surface area contributed by atoms with Gasteiger partial charge in [0.2, 0.25) is 15.9 Å². The monoisotopic (exact) mass is 578 g/mol. The maximum atomic E-state index is 13.9. The number of nitrogens with one attached hydrogen (secondary N) is 1. The van der Waals surface area contributed by atoms with Crippen LogP contribution in [0.5, 0.6) is 0 Å². The minimum Gasteiger partial charge on any atom is -0.337 e. The van der Waals surface area contributed by atoms with E-state index in [2.05, 4.69) is 9.71 Å². The van der Waals surface area contributed by atoms with Gasteiger partial charge in [0.1, 0.15) is 11.6 Å². The Bertz CT molecular complexity index is 1670. The Morgan fingerprint density at radius 2 is 1.88 bits per heavy atom. The van der Waals surface area contributed by atoms with E-state index in [1.165, 1.54) is 12.1 Å². The molecule has 0 radical (unpaired) electrons. The summed E-state index contributed by atoms with van der Waals surface area (Å²) in [5.41, 5.74) is 3.65. The average molecular weight is 579 g/mol. The van der Waals surface area contributed by atoms with Gasteiger partial charge in [0, 0.05) is 42.1 Å². The molecule has 10 heteroatoms. The topological polar surface area (TPSA) is 84.3 Å². The lowest BCUT2D eigenvalue weighted by Crippen LogP contribution is -2.33. The van der Waals surface area contributed by atoms with Gasteiger partial charge in [-0.3, -0.25) is 4.79 Å². The third kappa shape index (κ3) is 5.29. The number of hydrogen-bond acceptors (Lipinski definition) is 4. The molecule has 1 aromatic heterocycles. The minimum atomic E-state index is -3.86. The van der Waals surface area contributed by atoms with Crippen molar-refractivity contribution in [3.63, 3.8) is 0 Å². The lowest BCUT2D eigenvalue weighted by molar-refractivity contribution is -0.120. The van der Waals surface area contributed by atoms with Gasteiger partial charge in [-0.15, -0.1) is 0 Å². The number of amides is 1. The van der Waals surface area contributed by atoms with Crippen LogP contribution in [0.25, 0.3) is 0 Å². The van der Waals surface area contributed by atoms with E-state index in [9.17, 15) is 17.6 Å². The molecule has 1 N–H and O–H groups in total. The second-order valence-corrected chi connectivity index (χ2v) is 12.6. The summed E-state index contributed by atoms with van der Waals surface area (Å²) in [4.78, 5) is 20.1. The van der Waals surface area contributed by atoms with Gasteiger partial charge in [-0.1, -0.05) is 29.8 Å². The largest absolute Gasteiger partial charge is 0.337 e. The van der Waals surface area contributed by atoms with Gasteiger partial charge in [-0.2, -0.15) is 0 Å². The Labute approximate surface area is 237 Å². The highest BCUT2D eigenvalue weighted by Gasteiger charge is 2.46. The highest BCUT2D eigenvalue weighted by Crippen LogP contribution is 2.49. The Morgan fingerprint density at radius 1 is 1.12 bits per heavy atom. The van der Waals surface area contributed by atoms with Crippen molar-refractivity contribution >= 4 is 33.2 Å². The Kier molecular flexibility index (Phi) is 6.98. The molecule has 1 amide bonds. The predicted octanol–water partition coefficient (Wildman–Crippen LogP) is 5.52. The molecule has 0 aliphatic heterocycles. The smallest absolute Gasteiger partial charge is 0.241 e. The lowest BCUT2D eigenvalue weighted by atomic mass is 10.1. The number of hydrogen-bond donors (Lipinski definition) is 1. The summed E-state index contributed by atoms with van der Waals surface area (Å²) in [7, 11) is -1.97. The van der Waals surface area contributed by atoms with Crippen LogP contribution in [0.3, 0.4) is 0 Å². The van der Waals surface area contributed by atoms with E-state index in [1.54, 1.807) is 11.1 Å². The van der Waals surface area contributed by atoms with Gasteiger partial charge in [-0.25, -0.2) is 22.5 Å². The SMILES string of the molecule is Cn1ccnc1CN(C(=O)[C@H]1C[C@@H]1c1ccc(Cl)cc1)c1ccc2c(c1)[C@H](NS(=O)(=O)c1ccc(F)cc1)CC2. The number of benzene rings is 3. The summed E-state index contributed by atoms with van der Waals surface area (Å²) >= 11 is 6.06. The summed E-state index contributed by atoms with van der Waals surface area (Å²) in [6.07, 6.45) is 5.60. The zero-order valence-corrected chi connectivity index (χ0v) is 23.4. The van der Waals surface area contributed by atoms with Crippen LogP contribution in [0.1, 0.15) is 47.3 Å². The summed E-state index contributed by atoms with van der Waals surface area (Å²) in [6, 6.07) is 17.7. The molecule has 2 aliphatic rings. The van der Waals surface area contributed by atoms with E-state index in [0.29, 0.717) is 23.6 Å². The standard InChI is InChI=1S/C30H28ClFN4O3S/c1-35-15-14-33-29(35)18-36(30(37)27-17-25(27)19-2-6-21(31)7-3-19)23-10-4-20-5-13-28(26(20)16-23)34-40(38,39)24-11-8-22(32)9-12-24/h2-4,6-12,14-16,25,27-28,34H,5,13,17-18H2,1H3/t25-,27+,28-/m1/s1. The van der Waals surface area contributed by atoms with Crippen molar-refractivity contribution in [2.75, 3.05) is 4.90 Å². The highest BCUT2D eigenvalue weighted by molar-refractivity contribution is 7.89. The number of nitrogens with zero attached hydrogens (tertiary/aromatic N) is 3. The van der Waals surface area contributed by atoms with Crippen molar-refractivity contribution in [1.29, 1.82) is 0 Å². The molecular weight excluding hydrogens is 551 g/mol. The maximum absolute atomic E-state index is 13.9. The van der Waals surface area contributed by atoms with Crippen molar-refractivity contribution in [2.45, 2.75) is 42.7 Å². The van der Waals surface area contributed by atoms with Crippen LogP contribution >= 0.6 is 11.6 Å². The zero-order chi connectivity index (χ0) is 28.0. The first-order valence-corrected chi connectivity index (χ1v) is 15.0. The second kappa shape index (κ2) is 10.5. The Hall–Kier alpha value is -3.53. The number of sulfonamides is 1. The summed E-state index contributed by atoms with van der Waals surface area (Å²) in [5, 5.41) is 0.659. The quantitative estimate of drug-likeness (QED) is 0.299. The Balaban J connectivity index is 1.29. The molecule has 4 aromatic rings. The number of rotatable bonds is 8. The number of carbonyl (C=O) groups is 1. The molecule has 0 unspecified atom stereocenters. The zero-order valence-electron chi connectivity index (χ0n) is 21.8. The van der Waals surface area contributed by atoms with Gasteiger partial charge in [-0.05, 0) is 90.4 Å². The van der Waals surface area contributed by atoms with Gasteiger partial charge < -0.3 is 9.47 Å². The predicted molar refractivity (Wildman–Crippen MR) is 151 cm³/mol. The fraction of sp³-hybridized carbons (Fsp3) is 0.267. The molecule has 0 spiro atoms. The fourth-order valence-corrected chi connectivity index (χ4v) is 6.86. The van der Waals surface area contributed by atoms with Crippen molar-refractivity contribution in [1.82, 2.24) is 14.3 Å². The molecular formula is C30H28ClFN4O3S. The molecule has 40 heavy (non-hydrogen) atoms. The molecule has 0 saturated heterocycles. The second-order valence-electron chi connectivity index (χ2n) is 10.4. The number of anilines is 1.